The van der Waals surface area contributed by atoms with Crippen molar-refractivity contribution in [1.82, 2.24) is 24.5 Å². The number of hydrogen-bond donors (Lipinski definition) is 2. The SMILES string of the molecule is CCN(CC)CCNc1ccc2ncn3c4ccc5[nH]ncc5c4c(=O)c1c23. The molecule has 5 rings (SSSR count). The van der Waals surface area contributed by atoms with Crippen molar-refractivity contribution in [3.63, 3.8) is 0 Å². The standard InChI is InChI=1S/C21H22N6O/c1-3-26(4-2)10-9-22-15-5-6-16-20-19(15)21(28)18-13-11-24-25-14(13)7-8-17(18)27(20)12-23-16/h5-8,11-12,22H,3-4,9-10H2,1-2H3,(H,24,25). The van der Waals surface area contributed by atoms with E-state index >= 15 is 0 Å². The number of aromatic amines is 1. The Morgan fingerprint density at radius 3 is 2.82 bits per heavy atom. The molecule has 7 nitrogen and oxygen atoms in total. The number of nitrogens with one attached hydrogen (secondary N) is 2. The number of benzene rings is 2. The maximum absolute atomic E-state index is 13.6. The van der Waals surface area contributed by atoms with E-state index in [9.17, 15) is 4.79 Å². The van der Waals surface area contributed by atoms with Crippen LogP contribution < -0.4 is 10.7 Å². The number of nitrogens with zero attached hydrogens (tertiary/aromatic N) is 4. The van der Waals surface area contributed by atoms with Gasteiger partial charge in [0, 0.05) is 24.2 Å². The zero-order valence-electron chi connectivity index (χ0n) is 16.0. The lowest BCUT2D eigenvalue weighted by molar-refractivity contribution is 0.316. The third kappa shape index (κ3) is 2.36. The van der Waals surface area contributed by atoms with Gasteiger partial charge in [0.15, 0.2) is 5.43 Å². The minimum atomic E-state index is 0.0194. The molecule has 3 aromatic heterocycles. The van der Waals surface area contributed by atoms with Crippen molar-refractivity contribution in [2.24, 2.45) is 0 Å². The molecule has 7 heteroatoms. The second kappa shape index (κ2) is 6.45. The van der Waals surface area contributed by atoms with E-state index in [0.717, 1.165) is 59.3 Å². The normalized spacial score (nSPS) is 12.2. The fraction of sp³-hybridized carbons (Fsp3) is 0.286. The summed E-state index contributed by atoms with van der Waals surface area (Å²) in [5.74, 6) is 0. The first-order chi connectivity index (χ1) is 13.7. The fourth-order valence-electron chi connectivity index (χ4n) is 4.12. The molecule has 2 N–H and O–H groups in total. The second-order valence-electron chi connectivity index (χ2n) is 7.04. The second-order valence-corrected chi connectivity index (χ2v) is 7.04. The smallest absolute Gasteiger partial charge is 0.200 e. The summed E-state index contributed by atoms with van der Waals surface area (Å²) in [6.45, 7) is 8.07. The van der Waals surface area contributed by atoms with Gasteiger partial charge in [-0.05, 0) is 37.4 Å². The van der Waals surface area contributed by atoms with Gasteiger partial charge in [0.2, 0.25) is 0 Å². The number of aromatic nitrogens is 4. The molecule has 0 radical (unpaired) electrons. The maximum Gasteiger partial charge on any atom is 0.200 e. The number of anilines is 1. The van der Waals surface area contributed by atoms with Crippen LogP contribution in [0.1, 0.15) is 13.8 Å². The number of H-pyrrole nitrogens is 1. The van der Waals surface area contributed by atoms with Crippen molar-refractivity contribution in [3.8, 4) is 0 Å². The Morgan fingerprint density at radius 1 is 1.14 bits per heavy atom. The summed E-state index contributed by atoms with van der Waals surface area (Å²) < 4.78 is 2.02. The molecule has 5 aromatic rings. The van der Waals surface area contributed by atoms with Crippen molar-refractivity contribution in [2.75, 3.05) is 31.5 Å². The number of fused-ring (bicyclic) bond motifs is 4. The van der Waals surface area contributed by atoms with E-state index in [0.29, 0.717) is 10.8 Å². The van der Waals surface area contributed by atoms with Crippen molar-refractivity contribution in [1.29, 1.82) is 0 Å². The highest BCUT2D eigenvalue weighted by Crippen LogP contribution is 2.30. The maximum atomic E-state index is 13.6. The molecule has 28 heavy (non-hydrogen) atoms. The molecule has 0 bridgehead atoms. The molecule has 0 saturated heterocycles. The summed E-state index contributed by atoms with van der Waals surface area (Å²) in [4.78, 5) is 20.5. The molecule has 0 aliphatic rings. The molecule has 0 saturated carbocycles. The lowest BCUT2D eigenvalue weighted by Gasteiger charge is -2.19. The number of pyridine rings is 1. The molecule has 0 aliphatic heterocycles. The van der Waals surface area contributed by atoms with Crippen LogP contribution >= 0.6 is 0 Å². The summed E-state index contributed by atoms with van der Waals surface area (Å²) in [6.07, 6.45) is 3.52. The van der Waals surface area contributed by atoms with Crippen LogP contribution in [0.5, 0.6) is 0 Å². The molecule has 142 valence electrons. The van der Waals surface area contributed by atoms with E-state index < -0.39 is 0 Å². The summed E-state index contributed by atoms with van der Waals surface area (Å²) in [6, 6.07) is 7.86. The lowest BCUT2D eigenvalue weighted by Crippen LogP contribution is -2.28. The number of imidazole rings is 1. The molecule has 0 unspecified atom stereocenters. The Bertz CT molecular complexity index is 1350. The lowest BCUT2D eigenvalue weighted by atomic mass is 10.0. The molecular formula is C21H22N6O. The largest absolute Gasteiger partial charge is 0.383 e. The van der Waals surface area contributed by atoms with Gasteiger partial charge in [0.05, 0.1) is 39.0 Å². The van der Waals surface area contributed by atoms with Crippen molar-refractivity contribution < 1.29 is 0 Å². The van der Waals surface area contributed by atoms with Crippen LogP contribution in [-0.2, 0) is 0 Å². The van der Waals surface area contributed by atoms with Gasteiger partial charge >= 0.3 is 0 Å². The van der Waals surface area contributed by atoms with Crippen LogP contribution in [0.3, 0.4) is 0 Å². The van der Waals surface area contributed by atoms with Crippen LogP contribution in [0.25, 0.3) is 38.2 Å². The van der Waals surface area contributed by atoms with E-state index in [-0.39, 0.29) is 5.43 Å². The zero-order valence-corrected chi connectivity index (χ0v) is 16.0. The van der Waals surface area contributed by atoms with E-state index in [1.807, 2.05) is 28.7 Å². The highest BCUT2D eigenvalue weighted by Gasteiger charge is 2.18. The van der Waals surface area contributed by atoms with Crippen LogP contribution in [0, 0.1) is 0 Å². The molecule has 0 spiro atoms. The quantitative estimate of drug-likeness (QED) is 0.447. The van der Waals surface area contributed by atoms with Crippen molar-refractivity contribution >= 4 is 43.9 Å². The monoisotopic (exact) mass is 374 g/mol. The van der Waals surface area contributed by atoms with Crippen LogP contribution in [0.2, 0.25) is 0 Å². The van der Waals surface area contributed by atoms with Gasteiger partial charge in [0.25, 0.3) is 0 Å². The van der Waals surface area contributed by atoms with E-state index in [1.54, 1.807) is 12.5 Å². The Hall–Kier alpha value is -3.19. The van der Waals surface area contributed by atoms with Gasteiger partial charge in [-0.1, -0.05) is 13.8 Å². The Morgan fingerprint density at radius 2 is 2.00 bits per heavy atom. The van der Waals surface area contributed by atoms with E-state index in [1.165, 1.54) is 0 Å². The van der Waals surface area contributed by atoms with Crippen molar-refractivity contribution in [2.45, 2.75) is 13.8 Å². The molecule has 0 aliphatic carbocycles. The summed E-state index contributed by atoms with van der Waals surface area (Å²) in [5, 5.41) is 12.8. The summed E-state index contributed by atoms with van der Waals surface area (Å²) in [5.41, 5.74) is 4.29. The van der Waals surface area contributed by atoms with E-state index in [2.05, 4.69) is 39.2 Å². The van der Waals surface area contributed by atoms with Crippen LogP contribution in [0.15, 0.2) is 41.6 Å². The predicted octanol–water partition coefficient (Wildman–Crippen LogP) is 3.07. The minimum Gasteiger partial charge on any atom is -0.383 e. The van der Waals surface area contributed by atoms with Gasteiger partial charge < -0.3 is 10.2 Å². The van der Waals surface area contributed by atoms with E-state index in [4.69, 9.17) is 0 Å². The van der Waals surface area contributed by atoms with Crippen LogP contribution in [-0.4, -0.2) is 50.7 Å². The first-order valence-corrected chi connectivity index (χ1v) is 9.70. The highest BCUT2D eigenvalue weighted by molar-refractivity contribution is 6.13. The highest BCUT2D eigenvalue weighted by atomic mass is 16.1. The molecular weight excluding hydrogens is 352 g/mol. The number of likely N-dealkylation sites (N-methyl/N-ethyl adjacent to an activating group) is 1. The minimum absolute atomic E-state index is 0.0194. The first-order valence-electron chi connectivity index (χ1n) is 9.70. The Balaban J connectivity index is 1.74. The third-order valence-electron chi connectivity index (χ3n) is 5.66. The van der Waals surface area contributed by atoms with Crippen molar-refractivity contribution in [3.05, 3.63) is 47.0 Å². The topological polar surface area (TPSA) is 78.3 Å². The third-order valence-corrected chi connectivity index (χ3v) is 5.66. The molecule has 0 atom stereocenters. The van der Waals surface area contributed by atoms with Gasteiger partial charge in [-0.25, -0.2) is 4.98 Å². The summed E-state index contributed by atoms with van der Waals surface area (Å²) in [7, 11) is 0. The van der Waals surface area contributed by atoms with Gasteiger partial charge in [-0.3, -0.25) is 14.3 Å². The summed E-state index contributed by atoms with van der Waals surface area (Å²) >= 11 is 0. The first kappa shape index (κ1) is 16.9. The van der Waals surface area contributed by atoms with Crippen LogP contribution in [0.4, 0.5) is 5.69 Å². The van der Waals surface area contributed by atoms with Gasteiger partial charge in [0.1, 0.15) is 6.33 Å². The fourth-order valence-corrected chi connectivity index (χ4v) is 4.12. The average molecular weight is 374 g/mol. The zero-order chi connectivity index (χ0) is 19.3. The Kier molecular flexibility index (Phi) is 3.91. The predicted molar refractivity (Wildman–Crippen MR) is 114 cm³/mol. The molecule has 3 heterocycles. The number of rotatable bonds is 6. The molecule has 0 fully saturated rings. The Labute approximate surface area is 161 Å². The molecule has 2 aromatic carbocycles. The molecule has 0 amide bonds. The van der Waals surface area contributed by atoms with Gasteiger partial charge in [-0.2, -0.15) is 5.10 Å². The average Bonchev–Trinajstić information content (AvgIpc) is 3.36. The number of hydrogen-bond acceptors (Lipinski definition) is 5. The van der Waals surface area contributed by atoms with Gasteiger partial charge in [-0.15, -0.1) is 0 Å².